The van der Waals surface area contributed by atoms with Gasteiger partial charge >= 0.3 is 0 Å². The summed E-state index contributed by atoms with van der Waals surface area (Å²) in [4.78, 5) is 5.11. The molecular formula is C13H21N5O3S2. The average Bonchev–Trinajstić information content (AvgIpc) is 2.94. The van der Waals surface area contributed by atoms with Crippen molar-refractivity contribution in [3.05, 3.63) is 11.9 Å². The Morgan fingerprint density at radius 2 is 2.09 bits per heavy atom. The van der Waals surface area contributed by atoms with Gasteiger partial charge in [-0.05, 0) is 20.8 Å². The second-order valence-corrected chi connectivity index (χ2v) is 8.88. The zero-order valence-corrected chi connectivity index (χ0v) is 15.0. The summed E-state index contributed by atoms with van der Waals surface area (Å²) in [6.07, 6.45) is 1.69. The number of nitrogens with zero attached hydrogens (tertiary/aromatic N) is 4. The first-order chi connectivity index (χ1) is 10.8. The maximum absolute atomic E-state index is 12.4. The van der Waals surface area contributed by atoms with Crippen LogP contribution in [0.5, 0.6) is 0 Å². The second kappa shape index (κ2) is 6.34. The minimum atomic E-state index is -3.30. The lowest BCUT2D eigenvalue weighted by Gasteiger charge is -2.34. The highest BCUT2D eigenvalue weighted by Gasteiger charge is 2.30. The van der Waals surface area contributed by atoms with E-state index in [1.807, 2.05) is 27.0 Å². The van der Waals surface area contributed by atoms with Gasteiger partial charge in [-0.3, -0.25) is 0 Å². The Hall–Kier alpha value is -1.23. The quantitative estimate of drug-likeness (QED) is 0.855. The summed E-state index contributed by atoms with van der Waals surface area (Å²) in [5, 5.41) is 8.06. The SMILES string of the molecule is Cc1cn2nc(NCCS(=O)(=O)N3CC(C)OC(C)C3)sc2n1. The number of imidazole rings is 1. The van der Waals surface area contributed by atoms with Gasteiger partial charge < -0.3 is 10.1 Å². The highest BCUT2D eigenvalue weighted by Crippen LogP contribution is 2.19. The Labute approximate surface area is 139 Å². The molecule has 1 N–H and O–H groups in total. The highest BCUT2D eigenvalue weighted by molar-refractivity contribution is 7.89. The van der Waals surface area contributed by atoms with E-state index in [0.29, 0.717) is 24.8 Å². The average molecular weight is 359 g/mol. The zero-order valence-electron chi connectivity index (χ0n) is 13.4. The molecule has 0 spiro atoms. The van der Waals surface area contributed by atoms with E-state index in [9.17, 15) is 8.42 Å². The van der Waals surface area contributed by atoms with Crippen molar-refractivity contribution in [2.45, 2.75) is 33.0 Å². The van der Waals surface area contributed by atoms with Crippen LogP contribution in [0.1, 0.15) is 19.5 Å². The van der Waals surface area contributed by atoms with E-state index < -0.39 is 10.0 Å². The summed E-state index contributed by atoms with van der Waals surface area (Å²) < 4.78 is 33.7. The standard InChI is InChI=1S/C13H21N5O3S2/c1-9-6-18-13(15-9)22-12(16-18)14-4-5-23(19,20)17-7-10(2)21-11(3)8-17/h6,10-11H,4-5,7-8H2,1-3H3,(H,14,16). The minimum absolute atomic E-state index is 0.0351. The number of ether oxygens (including phenoxy) is 1. The van der Waals surface area contributed by atoms with E-state index >= 15 is 0 Å². The van der Waals surface area contributed by atoms with Crippen LogP contribution in [0.2, 0.25) is 0 Å². The first-order valence-electron chi connectivity index (χ1n) is 7.53. The van der Waals surface area contributed by atoms with Crippen molar-refractivity contribution in [2.24, 2.45) is 0 Å². The maximum atomic E-state index is 12.4. The number of rotatable bonds is 5. The van der Waals surface area contributed by atoms with Crippen LogP contribution < -0.4 is 5.32 Å². The molecule has 0 amide bonds. The van der Waals surface area contributed by atoms with Crippen LogP contribution in [0.25, 0.3) is 4.96 Å². The summed E-state index contributed by atoms with van der Waals surface area (Å²) in [6, 6.07) is 0. The number of anilines is 1. The first kappa shape index (κ1) is 16.6. The van der Waals surface area contributed by atoms with Crippen molar-refractivity contribution < 1.29 is 13.2 Å². The molecule has 3 heterocycles. The fourth-order valence-electron chi connectivity index (χ4n) is 2.65. The van der Waals surface area contributed by atoms with Crippen molar-refractivity contribution in [1.29, 1.82) is 0 Å². The molecule has 128 valence electrons. The van der Waals surface area contributed by atoms with Gasteiger partial charge in [0.15, 0.2) is 0 Å². The molecule has 1 aliphatic rings. The van der Waals surface area contributed by atoms with Gasteiger partial charge in [0.2, 0.25) is 20.1 Å². The third-order valence-corrected chi connectivity index (χ3v) is 6.26. The van der Waals surface area contributed by atoms with Crippen LogP contribution in [0.15, 0.2) is 6.20 Å². The van der Waals surface area contributed by atoms with E-state index in [1.165, 1.54) is 15.6 Å². The van der Waals surface area contributed by atoms with Crippen LogP contribution in [0.3, 0.4) is 0 Å². The third-order valence-electron chi connectivity index (χ3n) is 3.58. The van der Waals surface area contributed by atoms with Gasteiger partial charge in [-0.2, -0.15) is 4.31 Å². The summed E-state index contributed by atoms with van der Waals surface area (Å²) in [5.74, 6) is 0.0351. The van der Waals surface area contributed by atoms with Crippen LogP contribution in [0, 0.1) is 6.92 Å². The van der Waals surface area contributed by atoms with Gasteiger partial charge in [-0.25, -0.2) is 17.9 Å². The molecule has 10 heteroatoms. The molecule has 1 aliphatic heterocycles. The number of morpholine rings is 1. The lowest BCUT2D eigenvalue weighted by atomic mass is 10.3. The smallest absolute Gasteiger partial charge is 0.216 e. The van der Waals surface area contributed by atoms with Gasteiger partial charge in [-0.15, -0.1) is 5.10 Å². The lowest BCUT2D eigenvalue weighted by Crippen LogP contribution is -2.49. The van der Waals surface area contributed by atoms with E-state index in [-0.39, 0.29) is 18.0 Å². The summed E-state index contributed by atoms with van der Waals surface area (Å²) in [5.41, 5.74) is 0.911. The van der Waals surface area contributed by atoms with Crippen LogP contribution >= 0.6 is 11.3 Å². The molecule has 2 aromatic rings. The molecule has 0 saturated carbocycles. The van der Waals surface area contributed by atoms with Crippen molar-refractivity contribution >= 4 is 31.5 Å². The summed E-state index contributed by atoms with van der Waals surface area (Å²) >= 11 is 1.41. The normalized spacial score (nSPS) is 23.4. The predicted molar refractivity (Wildman–Crippen MR) is 89.5 cm³/mol. The van der Waals surface area contributed by atoms with Crippen molar-refractivity contribution in [1.82, 2.24) is 18.9 Å². The molecule has 1 fully saturated rings. The number of aromatic nitrogens is 3. The van der Waals surface area contributed by atoms with Gasteiger partial charge in [0.25, 0.3) is 0 Å². The minimum Gasteiger partial charge on any atom is -0.373 e. The number of sulfonamides is 1. The maximum Gasteiger partial charge on any atom is 0.216 e. The molecule has 0 aromatic carbocycles. The van der Waals surface area contributed by atoms with E-state index in [4.69, 9.17) is 4.74 Å². The first-order valence-corrected chi connectivity index (χ1v) is 9.96. The summed E-state index contributed by atoms with van der Waals surface area (Å²) in [6.45, 7) is 6.84. The fraction of sp³-hybridized carbons (Fsp3) is 0.692. The zero-order chi connectivity index (χ0) is 16.6. The van der Waals surface area contributed by atoms with E-state index in [0.717, 1.165) is 10.7 Å². The Morgan fingerprint density at radius 3 is 2.74 bits per heavy atom. The Bertz CT molecular complexity index is 743. The van der Waals surface area contributed by atoms with Crippen molar-refractivity contribution in [3.63, 3.8) is 0 Å². The van der Waals surface area contributed by atoms with Crippen LogP contribution in [0.4, 0.5) is 5.13 Å². The lowest BCUT2D eigenvalue weighted by molar-refractivity contribution is -0.0440. The van der Waals surface area contributed by atoms with Gasteiger partial charge in [-0.1, -0.05) is 11.3 Å². The molecule has 0 bridgehead atoms. The molecule has 23 heavy (non-hydrogen) atoms. The number of nitrogens with one attached hydrogen (secondary N) is 1. The van der Waals surface area contributed by atoms with Crippen LogP contribution in [-0.4, -0.2) is 64.9 Å². The predicted octanol–water partition coefficient (Wildman–Crippen LogP) is 0.950. The monoisotopic (exact) mass is 359 g/mol. The Kier molecular flexibility index (Phi) is 4.59. The Balaban J connectivity index is 1.57. The highest BCUT2D eigenvalue weighted by atomic mass is 32.2. The fourth-order valence-corrected chi connectivity index (χ4v) is 5.00. The molecule has 2 atom stereocenters. The summed E-state index contributed by atoms with van der Waals surface area (Å²) in [7, 11) is -3.30. The molecule has 0 radical (unpaired) electrons. The van der Waals surface area contributed by atoms with Crippen LogP contribution in [-0.2, 0) is 14.8 Å². The molecular weight excluding hydrogens is 338 g/mol. The number of aryl methyl sites for hydroxylation is 1. The second-order valence-electron chi connectivity index (χ2n) is 5.83. The van der Waals surface area contributed by atoms with Gasteiger partial charge in [0.1, 0.15) is 0 Å². The number of hydrogen-bond donors (Lipinski definition) is 1. The molecule has 8 nitrogen and oxygen atoms in total. The molecule has 1 saturated heterocycles. The molecule has 0 aliphatic carbocycles. The molecule has 2 aromatic heterocycles. The van der Waals surface area contributed by atoms with Gasteiger partial charge in [0, 0.05) is 19.6 Å². The number of fused-ring (bicyclic) bond motifs is 1. The Morgan fingerprint density at radius 1 is 1.39 bits per heavy atom. The van der Waals surface area contributed by atoms with E-state index in [1.54, 1.807) is 4.52 Å². The van der Waals surface area contributed by atoms with E-state index in [2.05, 4.69) is 15.4 Å². The van der Waals surface area contributed by atoms with Gasteiger partial charge in [0.05, 0.1) is 29.9 Å². The van der Waals surface area contributed by atoms with Crippen molar-refractivity contribution in [2.75, 3.05) is 30.7 Å². The van der Waals surface area contributed by atoms with Crippen molar-refractivity contribution in [3.8, 4) is 0 Å². The third kappa shape index (κ3) is 3.82. The topological polar surface area (TPSA) is 88.8 Å². The largest absolute Gasteiger partial charge is 0.373 e. The molecule has 3 rings (SSSR count). The molecule has 2 unspecified atom stereocenters. The number of hydrogen-bond acceptors (Lipinski definition) is 7.